The predicted octanol–water partition coefficient (Wildman–Crippen LogP) is 5.51. The van der Waals surface area contributed by atoms with Crippen LogP contribution in [-0.2, 0) is 12.8 Å². The largest absolute Gasteiger partial charge is 0.391 e. The second-order valence-electron chi connectivity index (χ2n) is 6.50. The third-order valence-electron chi connectivity index (χ3n) is 4.62. The topological polar surface area (TPSA) is 40.5 Å². The van der Waals surface area contributed by atoms with Crippen molar-refractivity contribution in [1.82, 2.24) is 0 Å². The van der Waals surface area contributed by atoms with Gasteiger partial charge < -0.3 is 10.2 Å². The molecule has 28 heavy (non-hydrogen) atoms. The Morgan fingerprint density at radius 3 is 1.46 bits per heavy atom. The number of hydrogen-bond acceptors (Lipinski definition) is 8. The molecule has 4 atom stereocenters. The Hall–Kier alpha value is 0.720. The van der Waals surface area contributed by atoms with Crippen molar-refractivity contribution >= 4 is 70.6 Å². The Kier molecular flexibility index (Phi) is 9.97. The summed E-state index contributed by atoms with van der Waals surface area (Å²) in [6, 6.07) is 9.14. The zero-order chi connectivity index (χ0) is 19.9. The van der Waals surface area contributed by atoms with Gasteiger partial charge in [-0.15, -0.1) is 47.0 Å². The highest BCUT2D eigenvalue weighted by Gasteiger charge is 2.28. The summed E-state index contributed by atoms with van der Waals surface area (Å²) < 4.78 is 0.977. The lowest BCUT2D eigenvalue weighted by atomic mass is 10.0. The first-order valence-electron chi connectivity index (χ1n) is 9.04. The van der Waals surface area contributed by atoms with Crippen LogP contribution in [0.15, 0.2) is 44.9 Å². The molecule has 0 saturated carbocycles. The number of rotatable bonds is 10. The molecule has 0 spiro atoms. The summed E-state index contributed by atoms with van der Waals surface area (Å²) in [5, 5.41) is 24.0. The molecule has 1 aromatic carbocycles. The third kappa shape index (κ3) is 6.36. The van der Waals surface area contributed by atoms with Gasteiger partial charge >= 0.3 is 0 Å². The van der Waals surface area contributed by atoms with Gasteiger partial charge in [-0.25, -0.2) is 0 Å². The van der Waals surface area contributed by atoms with Crippen molar-refractivity contribution in [3.05, 3.63) is 56.0 Å². The molecule has 4 unspecified atom stereocenters. The zero-order valence-corrected chi connectivity index (χ0v) is 20.8. The number of hydrogen-bond donors (Lipinski definition) is 2. The monoisotopic (exact) mass is 490 g/mol. The van der Waals surface area contributed by atoms with E-state index < -0.39 is 0 Å². The van der Waals surface area contributed by atoms with Crippen LogP contribution in [0, 0.1) is 0 Å². The molecular formula is C20H26O2S6. The maximum absolute atomic E-state index is 9.33. The van der Waals surface area contributed by atoms with Gasteiger partial charge in [0.2, 0.25) is 0 Å². The van der Waals surface area contributed by atoms with Gasteiger partial charge in [0.15, 0.2) is 0 Å². The molecule has 2 aliphatic heterocycles. The molecule has 2 N–H and O–H groups in total. The van der Waals surface area contributed by atoms with Crippen molar-refractivity contribution in [3.63, 3.8) is 0 Å². The summed E-state index contributed by atoms with van der Waals surface area (Å²) >= 11 is 11.2. The molecule has 154 valence electrons. The molecule has 0 aromatic heterocycles. The van der Waals surface area contributed by atoms with Crippen LogP contribution < -0.4 is 0 Å². The Labute approximate surface area is 193 Å². The van der Waals surface area contributed by atoms with Gasteiger partial charge in [-0.05, 0) is 47.3 Å². The van der Waals surface area contributed by atoms with E-state index in [0.717, 1.165) is 22.7 Å². The molecule has 2 nitrogen and oxygen atoms in total. The molecule has 2 aliphatic rings. The fourth-order valence-electron chi connectivity index (χ4n) is 3.03. The Morgan fingerprint density at radius 2 is 1.18 bits per heavy atom. The molecule has 0 bridgehead atoms. The molecule has 3 rings (SSSR count). The van der Waals surface area contributed by atoms with Crippen LogP contribution >= 0.6 is 70.6 Å². The van der Waals surface area contributed by atoms with Crippen LogP contribution in [0.2, 0.25) is 0 Å². The third-order valence-corrected chi connectivity index (χ3v) is 13.2. The maximum atomic E-state index is 9.33. The molecule has 1 aromatic rings. The first-order valence-corrected chi connectivity index (χ1v) is 15.3. The molecule has 0 saturated heterocycles. The van der Waals surface area contributed by atoms with E-state index in [0.29, 0.717) is 19.7 Å². The number of aliphatic hydroxyl groups is 2. The zero-order valence-electron chi connectivity index (χ0n) is 15.9. The predicted molar refractivity (Wildman–Crippen MR) is 137 cm³/mol. The summed E-state index contributed by atoms with van der Waals surface area (Å²) in [4.78, 5) is 2.18. The summed E-state index contributed by atoms with van der Waals surface area (Å²) in [5.74, 6) is 0. The quantitative estimate of drug-likeness (QED) is 0.445. The molecule has 0 amide bonds. The van der Waals surface area contributed by atoms with Gasteiger partial charge in [-0.2, -0.15) is 23.5 Å². The minimum atomic E-state index is 0.160. The van der Waals surface area contributed by atoms with Crippen molar-refractivity contribution < 1.29 is 10.2 Å². The highest BCUT2D eigenvalue weighted by Crippen LogP contribution is 2.46. The molecular weight excluding hydrogens is 465 g/mol. The minimum absolute atomic E-state index is 0.160. The van der Waals surface area contributed by atoms with Crippen LogP contribution in [0.1, 0.15) is 11.1 Å². The molecule has 0 fully saturated rings. The van der Waals surface area contributed by atoms with Crippen LogP contribution in [0.4, 0.5) is 0 Å². The van der Waals surface area contributed by atoms with Gasteiger partial charge in [-0.3, -0.25) is 0 Å². The van der Waals surface area contributed by atoms with Crippen molar-refractivity contribution in [2.75, 3.05) is 25.7 Å². The second-order valence-corrected chi connectivity index (χ2v) is 13.8. The molecule has 0 radical (unpaired) electrons. The van der Waals surface area contributed by atoms with E-state index in [1.165, 1.54) is 11.1 Å². The fraction of sp³-hybridized carbons (Fsp3) is 0.500. The Bertz CT molecular complexity index is 631. The maximum Gasteiger partial charge on any atom is 0.0746 e. The SMILES string of the molecule is CSC(Cc1ccc(CC(SC)C2SC=C(CO)S2)cc1)C1SC=C(CO)S1. The standard InChI is InChI=1S/C20H26O2S6/c1-23-17(19-25-11-15(9-21)27-19)7-13-3-5-14(6-4-13)8-18(24-2)20-26-12-16(10-22)28-20/h3-6,11-12,17-22H,7-10H2,1-2H3. The van der Waals surface area contributed by atoms with E-state index in [-0.39, 0.29) is 13.2 Å². The lowest BCUT2D eigenvalue weighted by molar-refractivity contribution is 0.339. The number of thioether (sulfide) groups is 6. The average molecular weight is 491 g/mol. The Morgan fingerprint density at radius 1 is 0.786 bits per heavy atom. The average Bonchev–Trinajstić information content (AvgIpc) is 3.40. The van der Waals surface area contributed by atoms with Gasteiger partial charge in [0.25, 0.3) is 0 Å². The van der Waals surface area contributed by atoms with Gasteiger partial charge in [0.1, 0.15) is 0 Å². The normalized spacial score (nSPS) is 24.1. The molecule has 0 aliphatic carbocycles. The van der Waals surface area contributed by atoms with E-state index >= 15 is 0 Å². The van der Waals surface area contributed by atoms with E-state index in [2.05, 4.69) is 47.6 Å². The van der Waals surface area contributed by atoms with Crippen LogP contribution in [0.3, 0.4) is 0 Å². The second kappa shape index (κ2) is 11.9. The van der Waals surface area contributed by atoms with Gasteiger partial charge in [0.05, 0.1) is 22.4 Å². The summed E-state index contributed by atoms with van der Waals surface area (Å²) in [7, 11) is 0. The van der Waals surface area contributed by atoms with E-state index in [9.17, 15) is 10.2 Å². The first kappa shape index (κ1) is 23.4. The summed E-state index contributed by atoms with van der Waals surface area (Å²) in [5.41, 5.74) is 2.77. The lowest BCUT2D eigenvalue weighted by Crippen LogP contribution is -2.18. The van der Waals surface area contributed by atoms with Crippen molar-refractivity contribution in [2.24, 2.45) is 0 Å². The Balaban J connectivity index is 1.54. The van der Waals surface area contributed by atoms with Crippen molar-refractivity contribution in [2.45, 2.75) is 32.5 Å². The van der Waals surface area contributed by atoms with Gasteiger partial charge in [-0.1, -0.05) is 24.3 Å². The van der Waals surface area contributed by atoms with E-state index in [1.54, 1.807) is 0 Å². The van der Waals surface area contributed by atoms with Crippen LogP contribution in [0.25, 0.3) is 0 Å². The first-order chi connectivity index (χ1) is 13.7. The highest BCUT2D eigenvalue weighted by molar-refractivity contribution is 8.24. The number of benzene rings is 1. The smallest absolute Gasteiger partial charge is 0.0746 e. The van der Waals surface area contributed by atoms with Crippen LogP contribution in [0.5, 0.6) is 0 Å². The number of aliphatic hydroxyl groups excluding tert-OH is 2. The summed E-state index contributed by atoms with van der Waals surface area (Å²) in [6.45, 7) is 0.320. The highest BCUT2D eigenvalue weighted by atomic mass is 32.2. The van der Waals surface area contributed by atoms with Crippen LogP contribution in [-0.4, -0.2) is 55.6 Å². The van der Waals surface area contributed by atoms with E-state index in [4.69, 9.17) is 0 Å². The molecule has 2 heterocycles. The van der Waals surface area contributed by atoms with E-state index in [1.807, 2.05) is 70.6 Å². The van der Waals surface area contributed by atoms with Crippen molar-refractivity contribution in [1.29, 1.82) is 0 Å². The fourth-order valence-corrected chi connectivity index (χ4v) is 11.0. The molecule has 8 heteroatoms. The lowest BCUT2D eigenvalue weighted by Gasteiger charge is -2.22. The minimum Gasteiger partial charge on any atom is -0.391 e. The van der Waals surface area contributed by atoms with Gasteiger partial charge in [0, 0.05) is 20.3 Å². The van der Waals surface area contributed by atoms with Crippen molar-refractivity contribution in [3.8, 4) is 0 Å². The summed E-state index contributed by atoms with van der Waals surface area (Å²) in [6.07, 6.45) is 6.49.